The monoisotopic (exact) mass is 164 g/mol. The molecule has 0 saturated carbocycles. The van der Waals surface area contributed by atoms with Crippen molar-refractivity contribution in [2.45, 2.75) is 39.5 Å². The van der Waals surface area contributed by atoms with Crippen molar-refractivity contribution < 1.29 is 0 Å². The summed E-state index contributed by atoms with van der Waals surface area (Å²) in [7, 11) is 0. The van der Waals surface area contributed by atoms with Gasteiger partial charge < -0.3 is 0 Å². The first-order chi connectivity index (χ1) is 5.66. The average molecular weight is 164 g/mol. The normalized spacial score (nSPS) is 9.17. The second kappa shape index (κ2) is 6.90. The van der Waals surface area contributed by atoms with E-state index in [1.807, 2.05) is 6.08 Å². The van der Waals surface area contributed by atoms with Crippen LogP contribution in [0.1, 0.15) is 39.5 Å². The summed E-state index contributed by atoms with van der Waals surface area (Å²) < 4.78 is 0. The Labute approximate surface area is 76.7 Å². The van der Waals surface area contributed by atoms with Crippen molar-refractivity contribution in [1.82, 2.24) is 0 Å². The van der Waals surface area contributed by atoms with Gasteiger partial charge in [-0.15, -0.1) is 0 Å². The third-order valence-corrected chi connectivity index (χ3v) is 1.79. The van der Waals surface area contributed by atoms with Crippen molar-refractivity contribution >= 4 is 0 Å². The Morgan fingerprint density at radius 3 is 2.42 bits per heavy atom. The van der Waals surface area contributed by atoms with Gasteiger partial charge in [-0.25, -0.2) is 0 Å². The van der Waals surface area contributed by atoms with E-state index in [1.165, 1.54) is 24.8 Å². The summed E-state index contributed by atoms with van der Waals surface area (Å²) in [6, 6.07) is 0. The van der Waals surface area contributed by atoms with Gasteiger partial charge in [0.2, 0.25) is 0 Å². The summed E-state index contributed by atoms with van der Waals surface area (Å²) in [6.45, 7) is 11.8. The van der Waals surface area contributed by atoms with E-state index in [4.69, 9.17) is 0 Å². The lowest BCUT2D eigenvalue weighted by atomic mass is 10.1. The zero-order valence-electron chi connectivity index (χ0n) is 8.40. The van der Waals surface area contributed by atoms with Gasteiger partial charge in [-0.1, -0.05) is 36.5 Å². The van der Waals surface area contributed by atoms with Gasteiger partial charge >= 0.3 is 0 Å². The lowest BCUT2D eigenvalue weighted by molar-refractivity contribution is 0.748. The van der Waals surface area contributed by atoms with Crippen molar-refractivity contribution in [3.63, 3.8) is 0 Å². The van der Waals surface area contributed by atoms with Crippen LogP contribution in [0.2, 0.25) is 0 Å². The molecule has 0 bridgehead atoms. The van der Waals surface area contributed by atoms with Crippen LogP contribution < -0.4 is 0 Å². The van der Waals surface area contributed by atoms with Crippen molar-refractivity contribution in [3.8, 4) is 0 Å². The molecule has 0 aliphatic carbocycles. The van der Waals surface area contributed by atoms with Crippen molar-refractivity contribution in [1.29, 1.82) is 0 Å². The summed E-state index contributed by atoms with van der Waals surface area (Å²) >= 11 is 0. The molecule has 0 saturated heterocycles. The van der Waals surface area contributed by atoms with E-state index in [2.05, 4.69) is 33.1 Å². The van der Waals surface area contributed by atoms with Gasteiger partial charge in [-0.3, -0.25) is 0 Å². The Balaban J connectivity index is 3.28. The van der Waals surface area contributed by atoms with Crippen molar-refractivity contribution in [2.24, 2.45) is 0 Å². The Kier molecular flexibility index (Phi) is 6.45. The molecular formula is C12H20. The molecular weight excluding hydrogens is 144 g/mol. The first kappa shape index (κ1) is 11.2. The topological polar surface area (TPSA) is 0 Å². The van der Waals surface area contributed by atoms with E-state index in [0.29, 0.717) is 0 Å². The lowest BCUT2D eigenvalue weighted by Crippen LogP contribution is -1.78. The molecule has 0 aromatic heterocycles. The highest BCUT2D eigenvalue weighted by atomic mass is 13.9. The number of hydrogen-bond acceptors (Lipinski definition) is 0. The Morgan fingerprint density at radius 1 is 1.25 bits per heavy atom. The minimum atomic E-state index is 1.10. The molecule has 0 heterocycles. The van der Waals surface area contributed by atoms with Crippen molar-refractivity contribution in [3.05, 3.63) is 36.5 Å². The van der Waals surface area contributed by atoms with Crippen molar-refractivity contribution in [2.75, 3.05) is 0 Å². The molecule has 0 unspecified atom stereocenters. The zero-order chi connectivity index (χ0) is 9.40. The molecule has 0 aromatic carbocycles. The fourth-order valence-electron chi connectivity index (χ4n) is 0.989. The quantitative estimate of drug-likeness (QED) is 0.313. The van der Waals surface area contributed by atoms with Gasteiger partial charge in [0.05, 0.1) is 0 Å². The third kappa shape index (κ3) is 7.33. The van der Waals surface area contributed by atoms with E-state index in [0.717, 1.165) is 12.0 Å². The van der Waals surface area contributed by atoms with E-state index >= 15 is 0 Å². The SMILES string of the molecule is C=CC(=C)CCCCC=C(C)C. The molecule has 0 amide bonds. The maximum atomic E-state index is 3.87. The van der Waals surface area contributed by atoms with Crippen LogP contribution >= 0.6 is 0 Å². The van der Waals surface area contributed by atoms with Crippen LogP contribution in [0.4, 0.5) is 0 Å². The first-order valence-electron chi connectivity index (χ1n) is 4.60. The predicted molar refractivity (Wildman–Crippen MR) is 57.2 cm³/mol. The summed E-state index contributed by atoms with van der Waals surface area (Å²) in [6.07, 6.45) is 8.93. The zero-order valence-corrected chi connectivity index (χ0v) is 8.40. The average Bonchev–Trinajstić information content (AvgIpc) is 2.03. The Morgan fingerprint density at radius 2 is 1.92 bits per heavy atom. The van der Waals surface area contributed by atoms with Gasteiger partial charge in [0, 0.05) is 0 Å². The molecule has 12 heavy (non-hydrogen) atoms. The van der Waals surface area contributed by atoms with Crippen LogP contribution in [0.15, 0.2) is 36.5 Å². The number of hydrogen-bond donors (Lipinski definition) is 0. The van der Waals surface area contributed by atoms with Crippen LogP contribution in [0.3, 0.4) is 0 Å². The van der Waals surface area contributed by atoms with Gasteiger partial charge in [0.15, 0.2) is 0 Å². The molecule has 0 radical (unpaired) electrons. The molecule has 0 N–H and O–H groups in total. The van der Waals surface area contributed by atoms with Gasteiger partial charge in [-0.2, -0.15) is 0 Å². The summed E-state index contributed by atoms with van der Waals surface area (Å²) in [5.74, 6) is 0. The summed E-state index contributed by atoms with van der Waals surface area (Å²) in [4.78, 5) is 0. The number of rotatable bonds is 6. The minimum Gasteiger partial charge on any atom is -0.0988 e. The number of allylic oxidation sites excluding steroid dienone is 4. The van der Waals surface area contributed by atoms with Crippen LogP contribution in [-0.2, 0) is 0 Å². The molecule has 0 aliphatic rings. The molecule has 0 aliphatic heterocycles. The molecule has 0 spiro atoms. The predicted octanol–water partition coefficient (Wildman–Crippen LogP) is 4.26. The van der Waals surface area contributed by atoms with E-state index in [-0.39, 0.29) is 0 Å². The fraction of sp³-hybridized carbons (Fsp3) is 0.500. The Hall–Kier alpha value is -0.780. The van der Waals surface area contributed by atoms with E-state index in [1.54, 1.807) is 0 Å². The van der Waals surface area contributed by atoms with Crippen LogP contribution in [-0.4, -0.2) is 0 Å². The molecule has 0 fully saturated rings. The van der Waals surface area contributed by atoms with Gasteiger partial charge in [-0.05, 0) is 39.5 Å². The maximum Gasteiger partial charge on any atom is -0.0285 e. The number of unbranched alkanes of at least 4 members (excludes halogenated alkanes) is 2. The Bertz CT molecular complexity index is 168. The van der Waals surface area contributed by atoms with Crippen LogP contribution in [0.5, 0.6) is 0 Å². The molecule has 0 atom stereocenters. The second-order valence-electron chi connectivity index (χ2n) is 3.39. The fourth-order valence-corrected chi connectivity index (χ4v) is 0.989. The third-order valence-electron chi connectivity index (χ3n) is 1.79. The summed E-state index contributed by atoms with van der Waals surface area (Å²) in [5.41, 5.74) is 2.57. The van der Waals surface area contributed by atoms with E-state index in [9.17, 15) is 0 Å². The lowest BCUT2D eigenvalue weighted by Gasteiger charge is -1.98. The molecule has 0 nitrogen and oxygen atoms in total. The van der Waals surface area contributed by atoms with Gasteiger partial charge in [0.1, 0.15) is 0 Å². The molecule has 0 heteroatoms. The highest BCUT2D eigenvalue weighted by Gasteiger charge is 1.88. The van der Waals surface area contributed by atoms with E-state index < -0.39 is 0 Å². The largest absolute Gasteiger partial charge is 0.0988 e. The second-order valence-corrected chi connectivity index (χ2v) is 3.39. The highest BCUT2D eigenvalue weighted by Crippen LogP contribution is 2.08. The highest BCUT2D eigenvalue weighted by molar-refractivity contribution is 5.10. The first-order valence-corrected chi connectivity index (χ1v) is 4.60. The summed E-state index contributed by atoms with van der Waals surface area (Å²) in [5, 5.41) is 0. The minimum absolute atomic E-state index is 1.10. The maximum absolute atomic E-state index is 3.87. The molecule has 0 rings (SSSR count). The van der Waals surface area contributed by atoms with Crippen LogP contribution in [0.25, 0.3) is 0 Å². The molecule has 0 aromatic rings. The standard InChI is InChI=1S/C12H20/c1-5-12(4)10-8-6-7-9-11(2)3/h5,9H,1,4,6-8,10H2,2-3H3. The van der Waals surface area contributed by atoms with Crippen LogP contribution in [0, 0.1) is 0 Å². The smallest absolute Gasteiger partial charge is 0.0285 e. The molecule has 68 valence electrons. The van der Waals surface area contributed by atoms with Gasteiger partial charge in [0.25, 0.3) is 0 Å².